The number of nitrogens with one attached hydrogen (secondary N) is 1. The van der Waals surface area contributed by atoms with Crippen LogP contribution in [-0.4, -0.2) is 12.5 Å². The van der Waals surface area contributed by atoms with E-state index >= 15 is 0 Å². The highest BCUT2D eigenvalue weighted by Crippen LogP contribution is 2.37. The van der Waals surface area contributed by atoms with Crippen molar-refractivity contribution in [1.29, 1.82) is 0 Å². The zero-order valence-electron chi connectivity index (χ0n) is 9.97. The fourth-order valence-electron chi connectivity index (χ4n) is 1.66. The number of alkyl halides is 3. The lowest BCUT2D eigenvalue weighted by Crippen LogP contribution is -2.16. The molecule has 0 aliphatic heterocycles. The first-order valence-corrected chi connectivity index (χ1v) is 5.53. The third-order valence-corrected chi connectivity index (χ3v) is 2.41. The van der Waals surface area contributed by atoms with E-state index in [9.17, 15) is 18.0 Å². The third kappa shape index (κ3) is 3.73. The Kier molecular flexibility index (Phi) is 4.72. The van der Waals surface area contributed by atoms with Gasteiger partial charge in [-0.25, -0.2) is 0 Å². The summed E-state index contributed by atoms with van der Waals surface area (Å²) in [6.07, 6.45) is -3.53. The van der Waals surface area contributed by atoms with Gasteiger partial charge >= 0.3 is 6.18 Å². The van der Waals surface area contributed by atoms with Crippen molar-refractivity contribution in [3.8, 4) is 0 Å². The van der Waals surface area contributed by atoms with Gasteiger partial charge in [-0.15, -0.1) is 0 Å². The van der Waals surface area contributed by atoms with Crippen LogP contribution < -0.4 is 11.1 Å². The molecule has 6 heteroatoms. The molecule has 0 radical (unpaired) electrons. The summed E-state index contributed by atoms with van der Waals surface area (Å²) in [5.41, 5.74) is 4.80. The van der Waals surface area contributed by atoms with Gasteiger partial charge < -0.3 is 11.1 Å². The Balaban J connectivity index is 3.21. The SMILES string of the molecule is CC(=O)Nc1c(CCCN)cccc1C(F)(F)F. The van der Waals surface area contributed by atoms with Gasteiger partial charge in [-0.05, 0) is 31.0 Å². The van der Waals surface area contributed by atoms with Crippen LogP contribution in [0.1, 0.15) is 24.5 Å². The van der Waals surface area contributed by atoms with Gasteiger partial charge in [0.1, 0.15) is 0 Å². The first kappa shape index (κ1) is 14.5. The molecule has 1 aromatic rings. The molecule has 0 aliphatic carbocycles. The van der Waals surface area contributed by atoms with Gasteiger partial charge in [0, 0.05) is 6.92 Å². The maximum Gasteiger partial charge on any atom is 0.418 e. The summed E-state index contributed by atoms with van der Waals surface area (Å²) in [7, 11) is 0. The summed E-state index contributed by atoms with van der Waals surface area (Å²) in [5.74, 6) is -0.527. The lowest BCUT2D eigenvalue weighted by atomic mass is 10.0. The molecular formula is C12H15F3N2O. The van der Waals surface area contributed by atoms with E-state index in [4.69, 9.17) is 5.73 Å². The molecule has 100 valence electrons. The number of benzene rings is 1. The number of hydrogen-bond donors (Lipinski definition) is 2. The van der Waals surface area contributed by atoms with Crippen LogP contribution in [-0.2, 0) is 17.4 Å². The van der Waals surface area contributed by atoms with E-state index in [0.29, 0.717) is 24.9 Å². The van der Waals surface area contributed by atoms with Crippen molar-refractivity contribution >= 4 is 11.6 Å². The van der Waals surface area contributed by atoms with Crippen molar-refractivity contribution in [3.63, 3.8) is 0 Å². The number of nitrogens with two attached hydrogens (primary N) is 1. The molecule has 1 amide bonds. The Morgan fingerprint density at radius 3 is 2.56 bits per heavy atom. The van der Waals surface area contributed by atoms with Crippen LogP contribution in [0.5, 0.6) is 0 Å². The second kappa shape index (κ2) is 5.86. The van der Waals surface area contributed by atoms with Gasteiger partial charge in [0.2, 0.25) is 5.91 Å². The van der Waals surface area contributed by atoms with Crippen LogP contribution in [0.15, 0.2) is 18.2 Å². The molecule has 3 nitrogen and oxygen atoms in total. The van der Waals surface area contributed by atoms with Crippen molar-refractivity contribution in [2.75, 3.05) is 11.9 Å². The molecule has 0 unspecified atom stereocenters. The van der Waals surface area contributed by atoms with Crippen LogP contribution in [0.2, 0.25) is 0 Å². The molecule has 18 heavy (non-hydrogen) atoms. The average Bonchev–Trinajstić information content (AvgIpc) is 2.25. The first-order chi connectivity index (χ1) is 8.36. The lowest BCUT2D eigenvalue weighted by molar-refractivity contribution is -0.137. The molecule has 0 heterocycles. The molecule has 3 N–H and O–H groups in total. The highest BCUT2D eigenvalue weighted by molar-refractivity contribution is 5.90. The fourth-order valence-corrected chi connectivity index (χ4v) is 1.66. The molecule has 0 aromatic heterocycles. The van der Waals surface area contributed by atoms with Gasteiger partial charge in [0.25, 0.3) is 0 Å². The molecule has 0 spiro atoms. The van der Waals surface area contributed by atoms with Gasteiger partial charge in [-0.2, -0.15) is 13.2 Å². The van der Waals surface area contributed by atoms with E-state index in [1.54, 1.807) is 6.07 Å². The summed E-state index contributed by atoms with van der Waals surface area (Å²) in [6.45, 7) is 1.57. The molecule has 0 atom stereocenters. The maximum absolute atomic E-state index is 12.8. The van der Waals surface area contributed by atoms with Crippen molar-refractivity contribution in [1.82, 2.24) is 0 Å². The summed E-state index contributed by atoms with van der Waals surface area (Å²) >= 11 is 0. The minimum atomic E-state index is -4.49. The molecule has 0 bridgehead atoms. The first-order valence-electron chi connectivity index (χ1n) is 5.53. The zero-order chi connectivity index (χ0) is 13.8. The normalized spacial score (nSPS) is 11.4. The van der Waals surface area contributed by atoms with Crippen molar-refractivity contribution in [2.45, 2.75) is 25.9 Å². The highest BCUT2D eigenvalue weighted by atomic mass is 19.4. The second-order valence-electron chi connectivity index (χ2n) is 3.91. The number of carbonyl (C=O) groups excluding carboxylic acids is 1. The minimum Gasteiger partial charge on any atom is -0.330 e. The highest BCUT2D eigenvalue weighted by Gasteiger charge is 2.34. The summed E-state index contributed by atoms with van der Waals surface area (Å²) in [6, 6.07) is 3.85. The van der Waals surface area contributed by atoms with Crippen molar-refractivity contribution in [2.24, 2.45) is 5.73 Å². The average molecular weight is 260 g/mol. The molecule has 0 aliphatic rings. The number of para-hydroxylation sites is 1. The topological polar surface area (TPSA) is 55.1 Å². The lowest BCUT2D eigenvalue weighted by Gasteiger charge is -2.17. The standard InChI is InChI=1S/C12H15F3N2O/c1-8(18)17-11-9(5-3-7-16)4-2-6-10(11)12(13,14)15/h2,4,6H,3,5,7,16H2,1H3,(H,17,18). The zero-order valence-corrected chi connectivity index (χ0v) is 9.97. The number of rotatable bonds is 4. The summed E-state index contributed by atoms with van der Waals surface area (Å²) < 4.78 is 38.5. The van der Waals surface area contributed by atoms with Gasteiger partial charge in [-0.1, -0.05) is 12.1 Å². The monoisotopic (exact) mass is 260 g/mol. The number of carbonyl (C=O) groups is 1. The molecular weight excluding hydrogens is 245 g/mol. The molecule has 1 aromatic carbocycles. The third-order valence-electron chi connectivity index (χ3n) is 2.41. The van der Waals surface area contributed by atoms with Crippen LogP contribution >= 0.6 is 0 Å². The van der Waals surface area contributed by atoms with E-state index in [1.165, 1.54) is 13.0 Å². The van der Waals surface area contributed by atoms with Crippen molar-refractivity contribution in [3.05, 3.63) is 29.3 Å². The number of amides is 1. The quantitative estimate of drug-likeness (QED) is 0.874. The number of anilines is 1. The fraction of sp³-hybridized carbons (Fsp3) is 0.417. The number of hydrogen-bond acceptors (Lipinski definition) is 2. The predicted molar refractivity (Wildman–Crippen MR) is 63.1 cm³/mol. The van der Waals surface area contributed by atoms with Crippen LogP contribution in [0.4, 0.5) is 18.9 Å². The summed E-state index contributed by atoms with van der Waals surface area (Å²) in [5, 5.41) is 2.26. The van der Waals surface area contributed by atoms with E-state index in [0.717, 1.165) is 6.07 Å². The van der Waals surface area contributed by atoms with Crippen molar-refractivity contribution < 1.29 is 18.0 Å². The van der Waals surface area contributed by atoms with E-state index in [1.807, 2.05) is 0 Å². The molecule has 0 saturated carbocycles. The van der Waals surface area contributed by atoms with E-state index in [2.05, 4.69) is 5.32 Å². The summed E-state index contributed by atoms with van der Waals surface area (Å²) in [4.78, 5) is 11.0. The predicted octanol–water partition coefficient (Wildman–Crippen LogP) is 2.56. The van der Waals surface area contributed by atoms with Gasteiger partial charge in [0.15, 0.2) is 0 Å². The van der Waals surface area contributed by atoms with Gasteiger partial charge in [-0.3, -0.25) is 4.79 Å². The van der Waals surface area contributed by atoms with Crippen LogP contribution in [0.3, 0.4) is 0 Å². The Morgan fingerprint density at radius 1 is 1.39 bits per heavy atom. The van der Waals surface area contributed by atoms with E-state index in [-0.39, 0.29) is 5.69 Å². The Hall–Kier alpha value is -1.56. The van der Waals surface area contributed by atoms with E-state index < -0.39 is 17.6 Å². The second-order valence-corrected chi connectivity index (χ2v) is 3.91. The Bertz CT molecular complexity index is 430. The Labute approximate surface area is 103 Å². The number of aryl methyl sites for hydroxylation is 1. The minimum absolute atomic E-state index is 0.161. The Morgan fingerprint density at radius 2 is 2.06 bits per heavy atom. The van der Waals surface area contributed by atoms with Crippen LogP contribution in [0, 0.1) is 0 Å². The molecule has 1 rings (SSSR count). The maximum atomic E-state index is 12.8. The van der Waals surface area contributed by atoms with Crippen LogP contribution in [0.25, 0.3) is 0 Å². The molecule has 0 saturated heterocycles. The number of halogens is 3. The molecule has 0 fully saturated rings. The largest absolute Gasteiger partial charge is 0.418 e. The van der Waals surface area contributed by atoms with Gasteiger partial charge in [0.05, 0.1) is 11.3 Å². The smallest absolute Gasteiger partial charge is 0.330 e.